The zero-order chi connectivity index (χ0) is 11.6. The maximum Gasteiger partial charge on any atom is 0.312 e. The van der Waals surface area contributed by atoms with Gasteiger partial charge in [0.25, 0.3) is 10.1 Å². The van der Waals surface area contributed by atoms with Crippen LogP contribution in [0.15, 0.2) is 6.20 Å². The Hall–Kier alpha value is -1.48. The van der Waals surface area contributed by atoms with Gasteiger partial charge in [0.2, 0.25) is 0 Å². The van der Waals surface area contributed by atoms with Crippen molar-refractivity contribution in [2.45, 2.75) is 6.61 Å². The average molecular weight is 235 g/mol. The molecule has 0 atom stereocenters. The highest BCUT2D eigenvalue weighted by Crippen LogP contribution is 2.17. The van der Waals surface area contributed by atoms with E-state index in [2.05, 4.69) is 9.28 Å². The van der Waals surface area contributed by atoms with Gasteiger partial charge in [-0.25, -0.2) is 0 Å². The van der Waals surface area contributed by atoms with Crippen LogP contribution in [0.25, 0.3) is 0 Å². The van der Waals surface area contributed by atoms with Crippen LogP contribution in [0.2, 0.25) is 0 Å². The summed E-state index contributed by atoms with van der Waals surface area (Å²) in [6, 6.07) is 0. The van der Waals surface area contributed by atoms with Crippen molar-refractivity contribution in [3.63, 3.8) is 0 Å². The SMILES string of the molecule is Cn1cc([N+](=O)[O-])c(COS(C)(=O)=O)n1. The van der Waals surface area contributed by atoms with E-state index in [1.165, 1.54) is 17.9 Å². The molecule has 1 aromatic rings. The molecule has 9 heteroatoms. The van der Waals surface area contributed by atoms with E-state index in [-0.39, 0.29) is 11.4 Å². The van der Waals surface area contributed by atoms with E-state index in [4.69, 9.17) is 0 Å². The molecule has 0 radical (unpaired) electrons. The molecule has 0 spiro atoms. The minimum absolute atomic E-state index is 0.0204. The molecule has 0 amide bonds. The van der Waals surface area contributed by atoms with Gasteiger partial charge in [0.1, 0.15) is 12.8 Å². The van der Waals surface area contributed by atoms with Gasteiger partial charge in [-0.15, -0.1) is 0 Å². The van der Waals surface area contributed by atoms with Gasteiger partial charge in [0, 0.05) is 7.05 Å². The number of nitrogens with zero attached hydrogens (tertiary/aromatic N) is 3. The van der Waals surface area contributed by atoms with E-state index < -0.39 is 21.6 Å². The van der Waals surface area contributed by atoms with Gasteiger partial charge in [0.05, 0.1) is 11.2 Å². The molecule has 0 aliphatic carbocycles. The normalized spacial score (nSPS) is 11.6. The molecular formula is C6H9N3O5S. The minimum Gasteiger partial charge on any atom is -0.268 e. The lowest BCUT2D eigenvalue weighted by Crippen LogP contribution is -2.04. The van der Waals surface area contributed by atoms with Crippen LogP contribution in [0.3, 0.4) is 0 Å². The van der Waals surface area contributed by atoms with Gasteiger partial charge in [0.15, 0.2) is 5.69 Å². The standard InChI is InChI=1S/C6H9N3O5S/c1-8-3-6(9(10)11)5(7-8)4-14-15(2,12)13/h3H,4H2,1-2H3. The molecule has 0 saturated carbocycles. The molecule has 0 N–H and O–H groups in total. The van der Waals surface area contributed by atoms with Gasteiger partial charge in [-0.3, -0.25) is 19.0 Å². The molecule has 1 heterocycles. The quantitative estimate of drug-likeness (QED) is 0.406. The summed E-state index contributed by atoms with van der Waals surface area (Å²) in [5, 5.41) is 14.2. The fourth-order valence-electron chi connectivity index (χ4n) is 0.940. The van der Waals surface area contributed by atoms with Crippen LogP contribution in [0, 0.1) is 10.1 Å². The van der Waals surface area contributed by atoms with E-state index in [1.54, 1.807) is 0 Å². The number of aryl methyl sites for hydroxylation is 1. The number of hydrogen-bond donors (Lipinski definition) is 0. The van der Waals surface area contributed by atoms with Crippen LogP contribution < -0.4 is 0 Å². The Morgan fingerprint density at radius 3 is 2.73 bits per heavy atom. The number of nitro groups is 1. The Morgan fingerprint density at radius 2 is 2.27 bits per heavy atom. The summed E-state index contributed by atoms with van der Waals surface area (Å²) in [6.07, 6.45) is 2.04. The number of rotatable bonds is 4. The highest BCUT2D eigenvalue weighted by atomic mass is 32.2. The third kappa shape index (κ3) is 3.29. The van der Waals surface area contributed by atoms with Crippen molar-refractivity contribution in [2.24, 2.45) is 7.05 Å². The molecule has 0 aromatic carbocycles. The van der Waals surface area contributed by atoms with Gasteiger partial charge in [-0.1, -0.05) is 0 Å². The van der Waals surface area contributed by atoms with E-state index in [0.29, 0.717) is 0 Å². The number of aromatic nitrogens is 2. The van der Waals surface area contributed by atoms with Crippen LogP contribution in [0.4, 0.5) is 5.69 Å². The molecule has 15 heavy (non-hydrogen) atoms. The average Bonchev–Trinajstić information content (AvgIpc) is 2.42. The third-order valence-electron chi connectivity index (χ3n) is 1.49. The van der Waals surface area contributed by atoms with Crippen LogP contribution in [0.5, 0.6) is 0 Å². The first kappa shape index (κ1) is 11.6. The van der Waals surface area contributed by atoms with Crippen molar-refractivity contribution in [3.05, 3.63) is 22.0 Å². The summed E-state index contributed by atoms with van der Waals surface area (Å²) >= 11 is 0. The van der Waals surface area contributed by atoms with Crippen molar-refractivity contribution in [1.29, 1.82) is 0 Å². The predicted octanol–water partition coefficient (Wildman–Crippen LogP) is -0.196. The molecule has 1 rings (SSSR count). The maximum atomic E-state index is 10.7. The second kappa shape index (κ2) is 3.95. The molecule has 84 valence electrons. The predicted molar refractivity (Wildman–Crippen MR) is 49.5 cm³/mol. The van der Waals surface area contributed by atoms with E-state index in [1.807, 2.05) is 0 Å². The molecule has 0 aliphatic rings. The third-order valence-corrected chi connectivity index (χ3v) is 2.04. The summed E-state index contributed by atoms with van der Waals surface area (Å²) < 4.78 is 27.0. The fourth-order valence-corrected chi connectivity index (χ4v) is 1.27. The lowest BCUT2D eigenvalue weighted by molar-refractivity contribution is -0.385. The summed E-state index contributed by atoms with van der Waals surface area (Å²) in [4.78, 5) is 9.86. The summed E-state index contributed by atoms with van der Waals surface area (Å²) in [5.41, 5.74) is -0.283. The topological polar surface area (TPSA) is 104 Å². The molecule has 0 fully saturated rings. The molecule has 0 saturated heterocycles. The zero-order valence-electron chi connectivity index (χ0n) is 8.08. The van der Waals surface area contributed by atoms with Crippen molar-refractivity contribution < 1.29 is 17.5 Å². The Morgan fingerprint density at radius 1 is 1.67 bits per heavy atom. The van der Waals surface area contributed by atoms with Crippen LogP contribution in [-0.4, -0.2) is 29.4 Å². The zero-order valence-corrected chi connectivity index (χ0v) is 8.89. The maximum absolute atomic E-state index is 10.7. The van der Waals surface area contributed by atoms with Gasteiger partial charge >= 0.3 is 5.69 Å². The van der Waals surface area contributed by atoms with Gasteiger partial charge < -0.3 is 0 Å². The van der Waals surface area contributed by atoms with Crippen LogP contribution in [-0.2, 0) is 28.0 Å². The fraction of sp³-hybridized carbons (Fsp3) is 0.500. The molecule has 0 aliphatic heterocycles. The lowest BCUT2D eigenvalue weighted by Gasteiger charge is -1.96. The second-order valence-corrected chi connectivity index (χ2v) is 4.50. The van der Waals surface area contributed by atoms with Crippen molar-refractivity contribution in [2.75, 3.05) is 6.26 Å². The van der Waals surface area contributed by atoms with E-state index in [9.17, 15) is 18.5 Å². The van der Waals surface area contributed by atoms with Gasteiger partial charge in [-0.2, -0.15) is 13.5 Å². The van der Waals surface area contributed by atoms with Crippen LogP contribution in [0.1, 0.15) is 5.69 Å². The molecular weight excluding hydrogens is 226 g/mol. The van der Waals surface area contributed by atoms with Crippen molar-refractivity contribution in [1.82, 2.24) is 9.78 Å². The first-order valence-electron chi connectivity index (χ1n) is 3.81. The molecule has 8 nitrogen and oxygen atoms in total. The summed E-state index contributed by atoms with van der Waals surface area (Å²) in [5.74, 6) is 0. The Bertz CT molecular complexity index is 477. The van der Waals surface area contributed by atoms with Crippen molar-refractivity contribution in [3.8, 4) is 0 Å². The Labute approximate surface area is 85.7 Å². The Kier molecular flexibility index (Phi) is 3.05. The van der Waals surface area contributed by atoms with Gasteiger partial charge in [-0.05, 0) is 0 Å². The highest BCUT2D eigenvalue weighted by Gasteiger charge is 2.19. The minimum atomic E-state index is -3.63. The molecule has 0 bridgehead atoms. The Balaban J connectivity index is 2.90. The van der Waals surface area contributed by atoms with E-state index in [0.717, 1.165) is 6.26 Å². The second-order valence-electron chi connectivity index (χ2n) is 2.86. The van der Waals surface area contributed by atoms with E-state index >= 15 is 0 Å². The molecule has 0 unspecified atom stereocenters. The summed E-state index contributed by atoms with van der Waals surface area (Å²) in [6.45, 7) is -0.435. The smallest absolute Gasteiger partial charge is 0.268 e. The lowest BCUT2D eigenvalue weighted by atomic mass is 10.4. The largest absolute Gasteiger partial charge is 0.312 e. The first-order chi connectivity index (χ1) is 6.79. The monoisotopic (exact) mass is 235 g/mol. The first-order valence-corrected chi connectivity index (χ1v) is 5.62. The molecule has 1 aromatic heterocycles. The van der Waals surface area contributed by atoms with Crippen LogP contribution >= 0.6 is 0 Å². The summed E-state index contributed by atoms with van der Waals surface area (Å²) in [7, 11) is -2.13. The highest BCUT2D eigenvalue weighted by molar-refractivity contribution is 7.85. The number of hydrogen-bond acceptors (Lipinski definition) is 6. The van der Waals surface area contributed by atoms with Crippen molar-refractivity contribution >= 4 is 15.8 Å².